The second-order valence-corrected chi connectivity index (χ2v) is 7.50. The summed E-state index contributed by atoms with van der Waals surface area (Å²) in [5.74, 6) is -0.808. The lowest BCUT2D eigenvalue weighted by Gasteiger charge is -2.22. The number of nitrogens with zero attached hydrogens (tertiary/aromatic N) is 1. The quantitative estimate of drug-likeness (QED) is 0.470. The van der Waals surface area contributed by atoms with Crippen molar-refractivity contribution in [2.75, 3.05) is 27.2 Å². The van der Waals surface area contributed by atoms with Crippen molar-refractivity contribution in [2.45, 2.75) is 38.2 Å². The zero-order valence-electron chi connectivity index (χ0n) is 17.7. The van der Waals surface area contributed by atoms with Crippen LogP contribution in [0.3, 0.4) is 0 Å². The lowest BCUT2D eigenvalue weighted by Crippen LogP contribution is -2.35. The van der Waals surface area contributed by atoms with Crippen LogP contribution in [0, 0.1) is 0 Å². The van der Waals surface area contributed by atoms with Crippen LogP contribution in [0.2, 0.25) is 0 Å². The number of carbonyl (C=O) groups is 2. The molecule has 30 heavy (non-hydrogen) atoms. The predicted octanol–water partition coefficient (Wildman–Crippen LogP) is 2.24. The zero-order chi connectivity index (χ0) is 21.8. The number of carboxylic acids is 1. The fourth-order valence-corrected chi connectivity index (χ4v) is 3.11. The molecule has 162 valence electrons. The molecular weight excluding hydrogens is 382 g/mol. The fraction of sp³-hybridized carbons (Fsp3) is 0.417. The largest absolute Gasteiger partial charge is 0.550 e. The minimum atomic E-state index is -1.16. The van der Waals surface area contributed by atoms with E-state index in [4.69, 9.17) is 9.47 Å². The Kier molecular flexibility index (Phi) is 9.87. The Morgan fingerprint density at radius 2 is 1.67 bits per heavy atom. The average molecular weight is 413 g/mol. The molecule has 0 saturated carbocycles. The Morgan fingerprint density at radius 1 is 0.967 bits per heavy atom. The molecule has 2 aromatic rings. The van der Waals surface area contributed by atoms with Crippen molar-refractivity contribution >= 4 is 11.9 Å². The molecule has 0 aliphatic rings. The Hall–Kier alpha value is -2.86. The summed E-state index contributed by atoms with van der Waals surface area (Å²) in [6.45, 7) is 0.741. The maximum atomic E-state index is 12.0. The van der Waals surface area contributed by atoms with Crippen molar-refractivity contribution in [3.63, 3.8) is 0 Å². The van der Waals surface area contributed by atoms with Gasteiger partial charge in [0.2, 0.25) is 0 Å². The van der Waals surface area contributed by atoms with Crippen LogP contribution >= 0.6 is 0 Å². The van der Waals surface area contributed by atoms with Crippen LogP contribution in [-0.4, -0.2) is 50.2 Å². The maximum Gasteiger partial charge on any atom is 0.306 e. The predicted molar refractivity (Wildman–Crippen MR) is 113 cm³/mol. The van der Waals surface area contributed by atoms with Gasteiger partial charge in [0.05, 0.1) is 0 Å². The highest BCUT2D eigenvalue weighted by Crippen LogP contribution is 2.21. The number of hydrogen-bond acceptors (Lipinski definition) is 6. The third kappa shape index (κ3) is 9.09. The van der Waals surface area contributed by atoms with Crippen molar-refractivity contribution in [3.05, 3.63) is 65.7 Å². The minimum Gasteiger partial charge on any atom is -0.550 e. The first kappa shape index (κ1) is 23.4. The van der Waals surface area contributed by atoms with Crippen LogP contribution in [0.5, 0.6) is 5.75 Å². The molecule has 0 bridgehead atoms. The molecule has 2 aromatic carbocycles. The number of likely N-dealkylation sites (N-methyl/N-ethyl adjacent to an activating group) is 1. The molecule has 0 N–H and O–H groups in total. The third-order valence-electron chi connectivity index (χ3n) is 4.55. The van der Waals surface area contributed by atoms with Crippen LogP contribution < -0.4 is 9.84 Å². The Labute approximate surface area is 178 Å². The fourth-order valence-electron chi connectivity index (χ4n) is 3.11. The number of carbonyl (C=O) groups excluding carboxylic acids is 2. The van der Waals surface area contributed by atoms with Crippen LogP contribution in [0.15, 0.2) is 54.6 Å². The van der Waals surface area contributed by atoms with Gasteiger partial charge < -0.3 is 24.3 Å². The van der Waals surface area contributed by atoms with Crippen molar-refractivity contribution in [1.82, 2.24) is 4.90 Å². The second kappa shape index (κ2) is 12.6. The molecule has 1 unspecified atom stereocenters. The molecule has 0 aliphatic heterocycles. The van der Waals surface area contributed by atoms with Crippen molar-refractivity contribution in [3.8, 4) is 5.75 Å². The number of rotatable bonds is 13. The molecule has 0 fully saturated rings. The normalized spacial score (nSPS) is 11.8. The van der Waals surface area contributed by atoms with E-state index in [2.05, 4.69) is 12.1 Å². The minimum absolute atomic E-state index is 0.0472. The molecule has 0 amide bonds. The van der Waals surface area contributed by atoms with Crippen LogP contribution in [0.25, 0.3) is 0 Å². The molecule has 0 aromatic heterocycles. The number of carboxylic acid groups (broad SMARTS) is 1. The zero-order valence-corrected chi connectivity index (χ0v) is 17.7. The number of hydrogen-bond donors (Lipinski definition) is 0. The van der Waals surface area contributed by atoms with Crippen LogP contribution in [0.1, 0.15) is 30.4 Å². The van der Waals surface area contributed by atoms with Gasteiger partial charge in [-0.2, -0.15) is 0 Å². The van der Waals surface area contributed by atoms with Crippen LogP contribution in [0.4, 0.5) is 0 Å². The molecule has 6 heteroatoms. The Morgan fingerprint density at radius 3 is 2.37 bits per heavy atom. The summed E-state index contributed by atoms with van der Waals surface area (Å²) in [6, 6.07) is 18.2. The molecule has 0 aliphatic carbocycles. The van der Waals surface area contributed by atoms with Gasteiger partial charge in [0.1, 0.15) is 18.5 Å². The number of benzene rings is 2. The van der Waals surface area contributed by atoms with Gasteiger partial charge in [-0.15, -0.1) is 0 Å². The topological polar surface area (TPSA) is 78.9 Å². The van der Waals surface area contributed by atoms with E-state index in [9.17, 15) is 14.7 Å². The maximum absolute atomic E-state index is 12.0. The first-order valence-electron chi connectivity index (χ1n) is 10.2. The smallest absolute Gasteiger partial charge is 0.306 e. The summed E-state index contributed by atoms with van der Waals surface area (Å²) in [5, 5.41) is 10.5. The van der Waals surface area contributed by atoms with Crippen molar-refractivity contribution in [2.24, 2.45) is 0 Å². The number of aryl methyl sites for hydroxylation is 2. The first-order valence-corrected chi connectivity index (χ1v) is 10.2. The highest BCUT2D eigenvalue weighted by Gasteiger charge is 2.17. The Balaban J connectivity index is 1.92. The van der Waals surface area contributed by atoms with E-state index < -0.39 is 18.0 Å². The van der Waals surface area contributed by atoms with Gasteiger partial charge in [0.15, 0.2) is 0 Å². The average Bonchev–Trinajstić information content (AvgIpc) is 2.71. The van der Waals surface area contributed by atoms with Gasteiger partial charge in [-0.05, 0) is 57.0 Å². The number of ether oxygens (including phenoxy) is 2. The molecule has 0 spiro atoms. The highest BCUT2D eigenvalue weighted by atomic mass is 16.6. The van der Waals surface area contributed by atoms with Crippen LogP contribution in [-0.2, 0) is 27.2 Å². The Bertz CT molecular complexity index is 791. The first-order chi connectivity index (χ1) is 14.4. The van der Waals surface area contributed by atoms with Gasteiger partial charge in [-0.1, -0.05) is 48.5 Å². The molecule has 6 nitrogen and oxygen atoms in total. The number of aliphatic carboxylic acids is 1. The van der Waals surface area contributed by atoms with Gasteiger partial charge >= 0.3 is 5.97 Å². The summed E-state index contributed by atoms with van der Waals surface area (Å²) in [7, 11) is 3.79. The monoisotopic (exact) mass is 412 g/mol. The summed E-state index contributed by atoms with van der Waals surface area (Å²) in [5.41, 5.74) is 2.37. The van der Waals surface area contributed by atoms with E-state index in [-0.39, 0.29) is 25.9 Å². The standard InChI is InChI=1S/C24H31NO5/c1-25(2)17-21(30-24(28)14-8-13-23(26)27)18-29-22-12-7-6-11-20(22)16-15-19-9-4-3-5-10-19/h3-7,9-12,21H,8,13-18H2,1-2H3,(H,26,27)/p-1. The van der Waals surface area contributed by atoms with Crippen molar-refractivity contribution in [1.29, 1.82) is 0 Å². The molecule has 0 saturated heterocycles. The van der Waals surface area contributed by atoms with E-state index in [0.717, 1.165) is 24.2 Å². The SMILES string of the molecule is CN(C)CC(COc1ccccc1CCc1ccccc1)OC(=O)CCCC(=O)[O-]. The molecule has 1 atom stereocenters. The second-order valence-electron chi connectivity index (χ2n) is 7.50. The molecular formula is C24H30NO5-. The van der Waals surface area contributed by atoms with E-state index in [1.165, 1.54) is 5.56 Å². The summed E-state index contributed by atoms with van der Waals surface area (Å²) in [4.78, 5) is 24.5. The van der Waals surface area contributed by atoms with E-state index >= 15 is 0 Å². The molecule has 0 heterocycles. The lowest BCUT2D eigenvalue weighted by molar-refractivity contribution is -0.305. The van der Waals surface area contributed by atoms with E-state index in [0.29, 0.717) is 6.54 Å². The molecule has 2 rings (SSSR count). The van der Waals surface area contributed by atoms with E-state index in [1.807, 2.05) is 61.5 Å². The highest BCUT2D eigenvalue weighted by molar-refractivity contribution is 5.71. The van der Waals surface area contributed by atoms with Gasteiger partial charge in [-0.3, -0.25) is 4.79 Å². The lowest BCUT2D eigenvalue weighted by atomic mass is 10.0. The summed E-state index contributed by atoms with van der Waals surface area (Å²) < 4.78 is 11.5. The number of para-hydroxylation sites is 1. The summed E-state index contributed by atoms with van der Waals surface area (Å²) >= 11 is 0. The number of esters is 1. The summed E-state index contributed by atoms with van der Waals surface area (Å²) in [6.07, 6.45) is 1.42. The van der Waals surface area contributed by atoms with Gasteiger partial charge in [0, 0.05) is 18.9 Å². The van der Waals surface area contributed by atoms with Gasteiger partial charge in [0.25, 0.3) is 0 Å². The molecule has 0 radical (unpaired) electrons. The van der Waals surface area contributed by atoms with Gasteiger partial charge in [-0.25, -0.2) is 0 Å². The third-order valence-corrected chi connectivity index (χ3v) is 4.55. The van der Waals surface area contributed by atoms with E-state index in [1.54, 1.807) is 0 Å². The van der Waals surface area contributed by atoms with Crippen molar-refractivity contribution < 1.29 is 24.2 Å².